The Morgan fingerprint density at radius 2 is 1.95 bits per heavy atom. The Morgan fingerprint density at radius 1 is 1.25 bits per heavy atom. The average Bonchev–Trinajstić information content (AvgIpc) is 2.45. The molecule has 0 bridgehead atoms. The summed E-state index contributed by atoms with van der Waals surface area (Å²) < 4.78 is 0. The number of hydrogen-bond acceptors (Lipinski definition) is 2. The lowest BCUT2D eigenvalue weighted by Crippen LogP contribution is -2.40. The van der Waals surface area contributed by atoms with Crippen molar-refractivity contribution in [3.05, 3.63) is 34.9 Å². The zero-order chi connectivity index (χ0) is 14.5. The number of hydrogen-bond donors (Lipinski definition) is 1. The molecule has 1 aromatic carbocycles. The van der Waals surface area contributed by atoms with Gasteiger partial charge in [0.1, 0.15) is 0 Å². The van der Waals surface area contributed by atoms with Gasteiger partial charge in [0.15, 0.2) is 0 Å². The van der Waals surface area contributed by atoms with E-state index in [0.29, 0.717) is 11.6 Å². The molecule has 3 heteroatoms. The van der Waals surface area contributed by atoms with Crippen LogP contribution in [0, 0.1) is 0 Å². The second kappa shape index (κ2) is 6.89. The van der Waals surface area contributed by atoms with E-state index in [1.54, 1.807) is 0 Å². The summed E-state index contributed by atoms with van der Waals surface area (Å²) in [6.45, 7) is 6.82. The van der Waals surface area contributed by atoms with Gasteiger partial charge in [-0.05, 0) is 68.5 Å². The molecule has 110 valence electrons. The van der Waals surface area contributed by atoms with Crippen LogP contribution in [0.4, 0.5) is 0 Å². The van der Waals surface area contributed by atoms with Gasteiger partial charge in [-0.3, -0.25) is 4.79 Å². The summed E-state index contributed by atoms with van der Waals surface area (Å²) in [6.07, 6.45) is 5.79. The van der Waals surface area contributed by atoms with Crippen LogP contribution in [0.15, 0.2) is 18.2 Å². The molecule has 2 N–H and O–H groups in total. The largest absolute Gasteiger partial charge is 0.366 e. The maximum Gasteiger partial charge on any atom is 0.248 e. The molecule has 20 heavy (non-hydrogen) atoms. The number of nitrogens with zero attached hydrogens (tertiary/aromatic N) is 1. The van der Waals surface area contributed by atoms with Crippen LogP contribution in [0.3, 0.4) is 0 Å². The van der Waals surface area contributed by atoms with E-state index in [1.807, 2.05) is 12.1 Å². The van der Waals surface area contributed by atoms with E-state index in [4.69, 9.17) is 5.73 Å². The van der Waals surface area contributed by atoms with E-state index >= 15 is 0 Å². The molecule has 0 aliphatic heterocycles. The van der Waals surface area contributed by atoms with Gasteiger partial charge in [-0.2, -0.15) is 0 Å². The second-order valence-electron chi connectivity index (χ2n) is 5.78. The van der Waals surface area contributed by atoms with Crippen molar-refractivity contribution in [3.8, 4) is 0 Å². The van der Waals surface area contributed by atoms with Crippen molar-refractivity contribution in [2.24, 2.45) is 5.73 Å². The first-order valence-electron chi connectivity index (χ1n) is 7.81. The highest BCUT2D eigenvalue weighted by atomic mass is 16.1. The van der Waals surface area contributed by atoms with Gasteiger partial charge in [-0.25, -0.2) is 0 Å². The predicted molar refractivity (Wildman–Crippen MR) is 82.9 cm³/mol. The number of amides is 1. The van der Waals surface area contributed by atoms with Gasteiger partial charge in [0.25, 0.3) is 0 Å². The average molecular weight is 274 g/mol. The van der Waals surface area contributed by atoms with E-state index in [-0.39, 0.29) is 5.91 Å². The number of aryl methyl sites for hydroxylation is 1. The van der Waals surface area contributed by atoms with Gasteiger partial charge < -0.3 is 10.6 Å². The SMILES string of the molecule is CCCN(CCC)C1CCc2ccc(C(N)=O)cc2C1. The van der Waals surface area contributed by atoms with E-state index in [9.17, 15) is 4.79 Å². The molecule has 3 nitrogen and oxygen atoms in total. The lowest BCUT2D eigenvalue weighted by atomic mass is 9.86. The fourth-order valence-corrected chi connectivity index (χ4v) is 3.25. The first-order chi connectivity index (χ1) is 9.65. The molecule has 0 heterocycles. The summed E-state index contributed by atoms with van der Waals surface area (Å²) in [5.74, 6) is -0.325. The normalized spacial score (nSPS) is 18.1. The molecule has 1 aliphatic rings. The third kappa shape index (κ3) is 3.40. The smallest absolute Gasteiger partial charge is 0.248 e. The Balaban J connectivity index is 2.15. The number of rotatable bonds is 6. The highest BCUT2D eigenvalue weighted by Gasteiger charge is 2.23. The molecule has 0 aromatic heterocycles. The molecule has 0 spiro atoms. The highest BCUT2D eigenvalue weighted by molar-refractivity contribution is 5.93. The fourth-order valence-electron chi connectivity index (χ4n) is 3.25. The standard InChI is InChI=1S/C17H26N2O/c1-3-9-19(10-4-2)16-8-7-13-5-6-14(17(18)20)11-15(13)12-16/h5-6,11,16H,3-4,7-10,12H2,1-2H3,(H2,18,20). The van der Waals surface area contributed by atoms with Crippen LogP contribution in [0.25, 0.3) is 0 Å². The van der Waals surface area contributed by atoms with Crippen LogP contribution in [-0.2, 0) is 12.8 Å². The Labute approximate surface area is 122 Å². The topological polar surface area (TPSA) is 46.3 Å². The van der Waals surface area contributed by atoms with Crippen LogP contribution in [-0.4, -0.2) is 29.9 Å². The first-order valence-corrected chi connectivity index (χ1v) is 7.81. The zero-order valence-corrected chi connectivity index (χ0v) is 12.7. The number of nitrogens with two attached hydrogens (primary N) is 1. The van der Waals surface area contributed by atoms with Crippen molar-refractivity contribution in [3.63, 3.8) is 0 Å². The minimum Gasteiger partial charge on any atom is -0.366 e. The fraction of sp³-hybridized carbons (Fsp3) is 0.588. The van der Waals surface area contributed by atoms with Crippen molar-refractivity contribution in [2.45, 2.75) is 52.0 Å². The van der Waals surface area contributed by atoms with Gasteiger partial charge in [0, 0.05) is 11.6 Å². The molecule has 0 fully saturated rings. The molecular formula is C17H26N2O. The molecule has 2 rings (SSSR count). The van der Waals surface area contributed by atoms with E-state index < -0.39 is 0 Å². The Bertz CT molecular complexity index is 464. The molecule has 1 aromatic rings. The molecule has 0 saturated carbocycles. The first kappa shape index (κ1) is 15.0. The molecular weight excluding hydrogens is 248 g/mol. The monoisotopic (exact) mass is 274 g/mol. The van der Waals surface area contributed by atoms with Gasteiger partial charge in [0.05, 0.1) is 0 Å². The predicted octanol–water partition coefficient (Wildman–Crippen LogP) is 2.76. The summed E-state index contributed by atoms with van der Waals surface area (Å²) in [6, 6.07) is 6.55. The summed E-state index contributed by atoms with van der Waals surface area (Å²) in [5.41, 5.74) is 8.73. The van der Waals surface area contributed by atoms with Crippen LogP contribution in [0.1, 0.15) is 54.6 Å². The van der Waals surface area contributed by atoms with E-state index in [2.05, 4.69) is 24.8 Å². The molecule has 1 aliphatic carbocycles. The summed E-state index contributed by atoms with van der Waals surface area (Å²) in [7, 11) is 0. The van der Waals surface area contributed by atoms with Crippen LogP contribution in [0.5, 0.6) is 0 Å². The Morgan fingerprint density at radius 3 is 2.55 bits per heavy atom. The van der Waals surface area contributed by atoms with Crippen LogP contribution in [0.2, 0.25) is 0 Å². The summed E-state index contributed by atoms with van der Waals surface area (Å²) in [4.78, 5) is 13.9. The highest BCUT2D eigenvalue weighted by Crippen LogP contribution is 2.26. The number of primary amides is 1. The molecule has 0 radical (unpaired) electrons. The number of benzene rings is 1. The molecule has 1 unspecified atom stereocenters. The van der Waals surface area contributed by atoms with E-state index in [0.717, 1.165) is 12.8 Å². The van der Waals surface area contributed by atoms with Crippen molar-refractivity contribution in [1.82, 2.24) is 4.90 Å². The zero-order valence-electron chi connectivity index (χ0n) is 12.7. The van der Waals surface area contributed by atoms with Crippen LogP contribution < -0.4 is 5.73 Å². The van der Waals surface area contributed by atoms with E-state index in [1.165, 1.54) is 43.5 Å². The molecule has 0 saturated heterocycles. The van der Waals surface area contributed by atoms with Gasteiger partial charge in [-0.15, -0.1) is 0 Å². The van der Waals surface area contributed by atoms with Crippen LogP contribution >= 0.6 is 0 Å². The summed E-state index contributed by atoms with van der Waals surface area (Å²) >= 11 is 0. The van der Waals surface area contributed by atoms with Crippen molar-refractivity contribution in [2.75, 3.05) is 13.1 Å². The Kier molecular flexibility index (Phi) is 5.18. The van der Waals surface area contributed by atoms with Gasteiger partial charge >= 0.3 is 0 Å². The quantitative estimate of drug-likeness (QED) is 0.867. The third-order valence-electron chi connectivity index (χ3n) is 4.23. The molecule has 1 atom stereocenters. The minimum absolute atomic E-state index is 0.325. The third-order valence-corrected chi connectivity index (χ3v) is 4.23. The maximum absolute atomic E-state index is 11.3. The minimum atomic E-state index is -0.325. The lowest BCUT2D eigenvalue weighted by molar-refractivity contribution is 0.1000. The van der Waals surface area contributed by atoms with Crippen molar-refractivity contribution >= 4 is 5.91 Å². The second-order valence-corrected chi connectivity index (χ2v) is 5.78. The van der Waals surface area contributed by atoms with Gasteiger partial charge in [-0.1, -0.05) is 19.9 Å². The molecule has 1 amide bonds. The van der Waals surface area contributed by atoms with Crippen molar-refractivity contribution < 1.29 is 4.79 Å². The summed E-state index contributed by atoms with van der Waals surface area (Å²) in [5, 5.41) is 0. The number of fused-ring (bicyclic) bond motifs is 1. The lowest BCUT2D eigenvalue weighted by Gasteiger charge is -2.35. The maximum atomic E-state index is 11.3. The Hall–Kier alpha value is -1.35. The van der Waals surface area contributed by atoms with Gasteiger partial charge in [0.2, 0.25) is 5.91 Å². The number of carbonyl (C=O) groups is 1. The van der Waals surface area contributed by atoms with Crippen molar-refractivity contribution in [1.29, 1.82) is 0 Å². The number of carbonyl (C=O) groups excluding carboxylic acids is 1.